The molecule has 0 aliphatic carbocycles. The number of likely N-dealkylation sites (tertiary alicyclic amines) is 1. The zero-order valence-corrected chi connectivity index (χ0v) is 11.6. The van der Waals surface area contributed by atoms with E-state index in [0.29, 0.717) is 5.56 Å². The highest BCUT2D eigenvalue weighted by Gasteiger charge is 2.21. The molecule has 0 spiro atoms. The number of hydrogen-bond donors (Lipinski definition) is 0. The highest BCUT2D eigenvalue weighted by atomic mass is 16.5. The summed E-state index contributed by atoms with van der Waals surface area (Å²) in [6.45, 7) is 5.40. The van der Waals surface area contributed by atoms with E-state index in [0.717, 1.165) is 31.4 Å². The van der Waals surface area contributed by atoms with Crippen LogP contribution in [-0.4, -0.2) is 30.6 Å². The van der Waals surface area contributed by atoms with Crippen molar-refractivity contribution in [2.24, 2.45) is 0 Å². The lowest BCUT2D eigenvalue weighted by atomic mass is 10.2. The fourth-order valence-electron chi connectivity index (χ4n) is 2.74. The van der Waals surface area contributed by atoms with Gasteiger partial charge in [0, 0.05) is 12.6 Å². The van der Waals surface area contributed by atoms with Crippen LogP contribution in [0.1, 0.15) is 38.2 Å². The van der Waals surface area contributed by atoms with E-state index in [1.54, 1.807) is 12.1 Å². The van der Waals surface area contributed by atoms with E-state index >= 15 is 0 Å². The van der Waals surface area contributed by atoms with Gasteiger partial charge in [-0.15, -0.1) is 0 Å². The standard InChI is InChI=1S/C16H22N2O/c1-2-15-5-3-10-18(15)11-4-12-19-16-8-6-14(13-17)7-9-16/h6-9,15H,2-5,10-12H2,1H3. The summed E-state index contributed by atoms with van der Waals surface area (Å²) in [7, 11) is 0. The molecular weight excluding hydrogens is 236 g/mol. The minimum Gasteiger partial charge on any atom is -0.494 e. The Balaban J connectivity index is 1.67. The number of nitrogens with zero attached hydrogens (tertiary/aromatic N) is 2. The Bertz CT molecular complexity index is 421. The first-order valence-electron chi connectivity index (χ1n) is 7.20. The van der Waals surface area contributed by atoms with Crippen molar-refractivity contribution in [3.63, 3.8) is 0 Å². The summed E-state index contributed by atoms with van der Waals surface area (Å²) in [5, 5.41) is 8.72. The Morgan fingerprint density at radius 3 is 2.84 bits per heavy atom. The predicted molar refractivity (Wildman–Crippen MR) is 76.2 cm³/mol. The lowest BCUT2D eigenvalue weighted by molar-refractivity contribution is 0.217. The molecule has 1 aliphatic rings. The van der Waals surface area contributed by atoms with Crippen molar-refractivity contribution >= 4 is 0 Å². The first-order valence-corrected chi connectivity index (χ1v) is 7.20. The molecule has 0 radical (unpaired) electrons. The predicted octanol–water partition coefficient (Wildman–Crippen LogP) is 3.20. The fraction of sp³-hybridized carbons (Fsp3) is 0.562. The number of rotatable bonds is 6. The van der Waals surface area contributed by atoms with E-state index in [9.17, 15) is 0 Å². The molecule has 1 aromatic rings. The molecule has 1 atom stereocenters. The largest absolute Gasteiger partial charge is 0.494 e. The van der Waals surface area contributed by atoms with Crippen LogP contribution >= 0.6 is 0 Å². The van der Waals surface area contributed by atoms with Crippen LogP contribution in [0.25, 0.3) is 0 Å². The smallest absolute Gasteiger partial charge is 0.119 e. The molecule has 0 N–H and O–H groups in total. The van der Waals surface area contributed by atoms with Gasteiger partial charge in [0.25, 0.3) is 0 Å². The second-order valence-corrected chi connectivity index (χ2v) is 5.08. The first-order chi connectivity index (χ1) is 9.33. The van der Waals surface area contributed by atoms with Gasteiger partial charge >= 0.3 is 0 Å². The normalized spacial score (nSPS) is 19.3. The second kappa shape index (κ2) is 7.16. The molecule has 1 saturated heterocycles. The third-order valence-corrected chi connectivity index (χ3v) is 3.81. The van der Waals surface area contributed by atoms with Gasteiger partial charge in [0.2, 0.25) is 0 Å². The quantitative estimate of drug-likeness (QED) is 0.735. The van der Waals surface area contributed by atoms with Crippen molar-refractivity contribution in [2.75, 3.05) is 19.7 Å². The van der Waals surface area contributed by atoms with Crippen LogP contribution in [0.15, 0.2) is 24.3 Å². The average Bonchev–Trinajstić information content (AvgIpc) is 2.91. The molecule has 1 aliphatic heterocycles. The van der Waals surface area contributed by atoms with Gasteiger partial charge in [-0.1, -0.05) is 6.92 Å². The molecule has 0 saturated carbocycles. The third kappa shape index (κ3) is 3.97. The van der Waals surface area contributed by atoms with Gasteiger partial charge in [0.1, 0.15) is 5.75 Å². The molecule has 0 bridgehead atoms. The number of benzene rings is 1. The number of nitriles is 1. The van der Waals surface area contributed by atoms with Gasteiger partial charge in [0.05, 0.1) is 18.2 Å². The third-order valence-electron chi connectivity index (χ3n) is 3.81. The Morgan fingerprint density at radius 2 is 2.16 bits per heavy atom. The van der Waals surface area contributed by atoms with Crippen molar-refractivity contribution < 1.29 is 4.74 Å². The van der Waals surface area contributed by atoms with E-state index in [1.807, 2.05) is 12.1 Å². The minimum absolute atomic E-state index is 0.676. The SMILES string of the molecule is CCC1CCCN1CCCOc1ccc(C#N)cc1. The Hall–Kier alpha value is -1.53. The Morgan fingerprint density at radius 1 is 1.37 bits per heavy atom. The highest BCUT2D eigenvalue weighted by Crippen LogP contribution is 2.19. The Labute approximate surface area is 115 Å². The summed E-state index contributed by atoms with van der Waals surface area (Å²) in [6.07, 6.45) is 5.02. The summed E-state index contributed by atoms with van der Waals surface area (Å²) in [5.41, 5.74) is 0.676. The summed E-state index contributed by atoms with van der Waals surface area (Å²) in [4.78, 5) is 2.59. The highest BCUT2D eigenvalue weighted by molar-refractivity contribution is 5.34. The second-order valence-electron chi connectivity index (χ2n) is 5.08. The van der Waals surface area contributed by atoms with Crippen LogP contribution in [-0.2, 0) is 0 Å². The van der Waals surface area contributed by atoms with E-state index in [4.69, 9.17) is 10.00 Å². The van der Waals surface area contributed by atoms with Crippen LogP contribution in [0, 0.1) is 11.3 Å². The van der Waals surface area contributed by atoms with Crippen molar-refractivity contribution in [2.45, 2.75) is 38.6 Å². The monoisotopic (exact) mass is 258 g/mol. The van der Waals surface area contributed by atoms with Gasteiger partial charge < -0.3 is 9.64 Å². The van der Waals surface area contributed by atoms with Gasteiger partial charge in [-0.25, -0.2) is 0 Å². The summed E-state index contributed by atoms with van der Waals surface area (Å²) >= 11 is 0. The molecule has 3 nitrogen and oxygen atoms in total. The molecular formula is C16H22N2O. The van der Waals surface area contributed by atoms with Crippen molar-refractivity contribution in [1.29, 1.82) is 5.26 Å². The van der Waals surface area contributed by atoms with Crippen LogP contribution in [0.4, 0.5) is 0 Å². The summed E-state index contributed by atoms with van der Waals surface area (Å²) in [5.74, 6) is 0.854. The van der Waals surface area contributed by atoms with Gasteiger partial charge in [-0.05, 0) is 56.5 Å². The van der Waals surface area contributed by atoms with Gasteiger partial charge in [0.15, 0.2) is 0 Å². The maximum atomic E-state index is 8.72. The van der Waals surface area contributed by atoms with Gasteiger partial charge in [-0.3, -0.25) is 0 Å². The number of hydrogen-bond acceptors (Lipinski definition) is 3. The molecule has 102 valence electrons. The zero-order chi connectivity index (χ0) is 13.5. The van der Waals surface area contributed by atoms with Crippen molar-refractivity contribution in [3.05, 3.63) is 29.8 Å². The van der Waals surface area contributed by atoms with Crippen LogP contribution in [0.5, 0.6) is 5.75 Å². The molecule has 1 fully saturated rings. The van der Waals surface area contributed by atoms with Crippen LogP contribution in [0.3, 0.4) is 0 Å². The van der Waals surface area contributed by atoms with Crippen LogP contribution in [0.2, 0.25) is 0 Å². The van der Waals surface area contributed by atoms with Gasteiger partial charge in [-0.2, -0.15) is 5.26 Å². The van der Waals surface area contributed by atoms with E-state index < -0.39 is 0 Å². The molecule has 19 heavy (non-hydrogen) atoms. The first kappa shape index (κ1) is 13.9. The minimum atomic E-state index is 0.676. The van der Waals surface area contributed by atoms with Crippen molar-refractivity contribution in [3.8, 4) is 11.8 Å². The van der Waals surface area contributed by atoms with Crippen molar-refractivity contribution in [1.82, 2.24) is 4.90 Å². The lowest BCUT2D eigenvalue weighted by Gasteiger charge is -2.23. The summed E-state index contributed by atoms with van der Waals surface area (Å²) < 4.78 is 5.70. The fourth-order valence-corrected chi connectivity index (χ4v) is 2.74. The molecule has 2 rings (SSSR count). The van der Waals surface area contributed by atoms with E-state index in [1.165, 1.54) is 25.8 Å². The maximum absolute atomic E-state index is 8.72. The number of ether oxygens (including phenoxy) is 1. The molecule has 1 heterocycles. The van der Waals surface area contributed by atoms with E-state index in [2.05, 4.69) is 17.9 Å². The summed E-state index contributed by atoms with van der Waals surface area (Å²) in [6, 6.07) is 10.2. The lowest BCUT2D eigenvalue weighted by Crippen LogP contribution is -2.30. The topological polar surface area (TPSA) is 36.3 Å². The molecule has 0 amide bonds. The molecule has 1 unspecified atom stereocenters. The maximum Gasteiger partial charge on any atom is 0.119 e. The van der Waals surface area contributed by atoms with E-state index in [-0.39, 0.29) is 0 Å². The zero-order valence-electron chi connectivity index (χ0n) is 11.6. The Kier molecular flexibility index (Phi) is 5.23. The molecule has 3 heteroatoms. The van der Waals surface area contributed by atoms with Crippen LogP contribution < -0.4 is 4.74 Å². The molecule has 0 aromatic heterocycles. The molecule has 1 aromatic carbocycles. The average molecular weight is 258 g/mol.